The number of piperazine rings is 1. The van der Waals surface area contributed by atoms with Gasteiger partial charge in [0, 0.05) is 32.2 Å². The lowest BCUT2D eigenvalue weighted by Gasteiger charge is -2.36. The molecule has 0 bridgehead atoms. The standard InChI is InChI=1S/C11H14IN3O2S/c12-9-4-13-10(18-9)11(17)15-2-1-14-6-8(16)3-7(14)5-15/h4,7-8,16H,1-3,5-6H2/t7-,8+/m0/s1. The molecule has 2 saturated heterocycles. The van der Waals surface area contributed by atoms with Crippen molar-refractivity contribution in [1.29, 1.82) is 0 Å². The Kier molecular flexibility index (Phi) is 3.57. The number of halogens is 1. The van der Waals surface area contributed by atoms with Gasteiger partial charge in [-0.05, 0) is 29.0 Å². The van der Waals surface area contributed by atoms with Crippen molar-refractivity contribution in [3.63, 3.8) is 0 Å². The van der Waals surface area contributed by atoms with Gasteiger partial charge < -0.3 is 10.0 Å². The highest BCUT2D eigenvalue weighted by atomic mass is 127. The number of carbonyl (C=O) groups is 1. The smallest absolute Gasteiger partial charge is 0.282 e. The van der Waals surface area contributed by atoms with E-state index in [9.17, 15) is 9.90 Å². The molecular weight excluding hydrogens is 365 g/mol. The van der Waals surface area contributed by atoms with Crippen LogP contribution in [0.2, 0.25) is 0 Å². The fourth-order valence-electron chi connectivity index (χ4n) is 2.69. The molecule has 2 aliphatic heterocycles. The predicted octanol–water partition coefficient (Wildman–Crippen LogP) is 0.639. The third-order valence-corrected chi connectivity index (χ3v) is 5.25. The van der Waals surface area contributed by atoms with Gasteiger partial charge in [0.15, 0.2) is 5.01 Å². The van der Waals surface area contributed by atoms with Gasteiger partial charge in [-0.1, -0.05) is 0 Å². The first-order valence-corrected chi connectivity index (χ1v) is 7.85. The van der Waals surface area contributed by atoms with Crippen molar-refractivity contribution in [3.05, 3.63) is 14.1 Å². The van der Waals surface area contributed by atoms with Crippen LogP contribution in [0.4, 0.5) is 0 Å². The molecule has 3 heterocycles. The molecule has 1 aromatic rings. The number of nitrogens with zero attached hydrogens (tertiary/aromatic N) is 3. The molecule has 0 unspecified atom stereocenters. The zero-order chi connectivity index (χ0) is 12.7. The lowest BCUT2D eigenvalue weighted by molar-refractivity contribution is 0.0569. The van der Waals surface area contributed by atoms with Gasteiger partial charge in [-0.3, -0.25) is 9.69 Å². The summed E-state index contributed by atoms with van der Waals surface area (Å²) in [7, 11) is 0. The van der Waals surface area contributed by atoms with Crippen molar-refractivity contribution < 1.29 is 9.90 Å². The molecule has 1 amide bonds. The molecule has 2 atom stereocenters. The average Bonchev–Trinajstić information content (AvgIpc) is 2.92. The Morgan fingerprint density at radius 1 is 1.50 bits per heavy atom. The minimum atomic E-state index is -0.231. The maximum atomic E-state index is 12.3. The SMILES string of the molecule is O=C(c1ncc(I)s1)N1CCN2C[C@H](O)C[C@H]2C1. The monoisotopic (exact) mass is 379 g/mol. The Morgan fingerprint density at radius 2 is 2.33 bits per heavy atom. The maximum absolute atomic E-state index is 12.3. The van der Waals surface area contributed by atoms with Gasteiger partial charge in [0.2, 0.25) is 0 Å². The van der Waals surface area contributed by atoms with Crippen molar-refractivity contribution in [1.82, 2.24) is 14.8 Å². The van der Waals surface area contributed by atoms with Crippen LogP contribution in [0.5, 0.6) is 0 Å². The van der Waals surface area contributed by atoms with Crippen LogP contribution < -0.4 is 0 Å². The van der Waals surface area contributed by atoms with E-state index in [1.165, 1.54) is 11.3 Å². The molecule has 0 aliphatic carbocycles. The first-order valence-electron chi connectivity index (χ1n) is 5.96. The number of carbonyl (C=O) groups excluding carboxylic acids is 1. The van der Waals surface area contributed by atoms with Gasteiger partial charge in [0.25, 0.3) is 5.91 Å². The van der Waals surface area contributed by atoms with Gasteiger partial charge in [-0.2, -0.15) is 0 Å². The van der Waals surface area contributed by atoms with Gasteiger partial charge in [0.05, 0.1) is 15.2 Å². The number of aromatic nitrogens is 1. The van der Waals surface area contributed by atoms with Crippen LogP contribution in [0.25, 0.3) is 0 Å². The number of aliphatic hydroxyl groups is 1. The van der Waals surface area contributed by atoms with E-state index in [0.717, 1.165) is 28.9 Å². The Balaban J connectivity index is 1.69. The van der Waals surface area contributed by atoms with E-state index < -0.39 is 0 Å². The molecule has 3 rings (SSSR count). The molecule has 1 N–H and O–H groups in total. The summed E-state index contributed by atoms with van der Waals surface area (Å²) in [5, 5.41) is 10.2. The molecule has 2 fully saturated rings. The van der Waals surface area contributed by atoms with Crippen LogP contribution in [-0.2, 0) is 0 Å². The van der Waals surface area contributed by atoms with Crippen molar-refractivity contribution in [2.75, 3.05) is 26.2 Å². The van der Waals surface area contributed by atoms with Gasteiger partial charge in [0.1, 0.15) is 0 Å². The third-order valence-electron chi connectivity index (χ3n) is 3.54. The minimum absolute atomic E-state index is 0.0314. The van der Waals surface area contributed by atoms with Gasteiger partial charge >= 0.3 is 0 Å². The zero-order valence-electron chi connectivity index (χ0n) is 9.75. The van der Waals surface area contributed by atoms with E-state index in [1.807, 2.05) is 4.90 Å². The number of amides is 1. The number of fused-ring (bicyclic) bond motifs is 1. The van der Waals surface area contributed by atoms with Crippen LogP contribution in [-0.4, -0.2) is 64.1 Å². The molecular formula is C11H14IN3O2S. The molecule has 0 spiro atoms. The summed E-state index contributed by atoms with van der Waals surface area (Å²) in [6.07, 6.45) is 2.28. The summed E-state index contributed by atoms with van der Waals surface area (Å²) in [6.45, 7) is 3.06. The minimum Gasteiger partial charge on any atom is -0.392 e. The Morgan fingerprint density at radius 3 is 3.06 bits per heavy atom. The molecule has 0 saturated carbocycles. The normalized spacial score (nSPS) is 28.4. The van der Waals surface area contributed by atoms with E-state index in [1.54, 1.807) is 6.20 Å². The number of hydrogen-bond acceptors (Lipinski definition) is 5. The molecule has 0 aromatic carbocycles. The maximum Gasteiger partial charge on any atom is 0.282 e. The molecule has 0 radical (unpaired) electrons. The lowest BCUT2D eigenvalue weighted by atomic mass is 10.1. The highest BCUT2D eigenvalue weighted by Crippen LogP contribution is 2.24. The second kappa shape index (κ2) is 5.03. The van der Waals surface area contributed by atoms with Crippen molar-refractivity contribution in [2.24, 2.45) is 0 Å². The highest BCUT2D eigenvalue weighted by Gasteiger charge is 2.37. The zero-order valence-corrected chi connectivity index (χ0v) is 12.7. The summed E-state index contributed by atoms with van der Waals surface area (Å²) >= 11 is 3.61. The van der Waals surface area contributed by atoms with Gasteiger partial charge in [-0.15, -0.1) is 11.3 Å². The lowest BCUT2D eigenvalue weighted by Crippen LogP contribution is -2.52. The van der Waals surface area contributed by atoms with Crippen LogP contribution >= 0.6 is 33.9 Å². The molecule has 7 heteroatoms. The molecule has 98 valence electrons. The summed E-state index contributed by atoms with van der Waals surface area (Å²) in [5.74, 6) is 0.0314. The largest absolute Gasteiger partial charge is 0.392 e. The first-order chi connectivity index (χ1) is 8.63. The van der Waals surface area contributed by atoms with Crippen LogP contribution in [0.1, 0.15) is 16.2 Å². The van der Waals surface area contributed by atoms with E-state index in [0.29, 0.717) is 17.6 Å². The van der Waals surface area contributed by atoms with E-state index in [2.05, 4.69) is 32.5 Å². The fourth-order valence-corrected chi connectivity index (χ4v) is 4.07. The fraction of sp³-hybridized carbons (Fsp3) is 0.636. The van der Waals surface area contributed by atoms with Crippen LogP contribution in [0, 0.1) is 2.88 Å². The number of hydrogen-bond donors (Lipinski definition) is 1. The highest BCUT2D eigenvalue weighted by molar-refractivity contribution is 14.1. The summed E-state index contributed by atoms with van der Waals surface area (Å²) in [6, 6.07) is 0.316. The molecule has 2 aliphatic rings. The first kappa shape index (κ1) is 12.8. The topological polar surface area (TPSA) is 56.7 Å². The van der Waals surface area contributed by atoms with Crippen molar-refractivity contribution in [3.8, 4) is 0 Å². The number of rotatable bonds is 1. The summed E-state index contributed by atoms with van der Waals surface area (Å²) in [4.78, 5) is 20.6. The average molecular weight is 379 g/mol. The van der Waals surface area contributed by atoms with Crippen LogP contribution in [0.15, 0.2) is 6.20 Å². The molecule has 5 nitrogen and oxygen atoms in total. The Hall–Kier alpha value is -0.250. The molecule has 18 heavy (non-hydrogen) atoms. The van der Waals surface area contributed by atoms with Crippen LogP contribution in [0.3, 0.4) is 0 Å². The Labute approximate surface area is 123 Å². The quantitative estimate of drug-likeness (QED) is 0.728. The number of aliphatic hydroxyl groups excluding tert-OH is 1. The van der Waals surface area contributed by atoms with Crippen molar-refractivity contribution in [2.45, 2.75) is 18.6 Å². The summed E-state index contributed by atoms with van der Waals surface area (Å²) < 4.78 is 1.03. The Bertz CT molecular complexity index is 467. The van der Waals surface area contributed by atoms with Gasteiger partial charge in [-0.25, -0.2) is 4.98 Å². The van der Waals surface area contributed by atoms with Crippen molar-refractivity contribution >= 4 is 39.8 Å². The van der Waals surface area contributed by atoms with E-state index >= 15 is 0 Å². The van der Waals surface area contributed by atoms with E-state index in [4.69, 9.17) is 0 Å². The number of thiazole rings is 1. The second-order valence-electron chi connectivity index (χ2n) is 4.76. The second-order valence-corrected chi connectivity index (χ2v) is 7.68. The van der Waals surface area contributed by atoms with E-state index in [-0.39, 0.29) is 12.0 Å². The predicted molar refractivity (Wildman–Crippen MR) is 76.7 cm³/mol. The molecule has 1 aromatic heterocycles. The third kappa shape index (κ3) is 2.40. The summed E-state index contributed by atoms with van der Waals surface area (Å²) in [5.41, 5.74) is 0.